The molecule has 26 heavy (non-hydrogen) atoms. The normalized spacial score (nSPS) is 19.1. The first-order valence-corrected chi connectivity index (χ1v) is 12.5. The van der Waals surface area contributed by atoms with E-state index in [1.54, 1.807) is 0 Å². The van der Waals surface area contributed by atoms with Gasteiger partial charge in [-0.15, -0.1) is 0 Å². The minimum atomic E-state index is 0.575. The van der Waals surface area contributed by atoms with Gasteiger partial charge in [0, 0.05) is 38.9 Å². The second-order valence-corrected chi connectivity index (χ2v) is 10.1. The van der Waals surface area contributed by atoms with Gasteiger partial charge in [-0.2, -0.15) is 0 Å². The van der Waals surface area contributed by atoms with Crippen LogP contribution in [0.3, 0.4) is 0 Å². The lowest BCUT2D eigenvalue weighted by Crippen LogP contribution is -2.32. The molecule has 2 aliphatic heterocycles. The Kier molecular flexibility index (Phi) is 9.97. The molecular formula is C20H38N4S2. The molecule has 0 saturated heterocycles. The van der Waals surface area contributed by atoms with E-state index in [1.807, 2.05) is 0 Å². The fourth-order valence-corrected chi connectivity index (χ4v) is 6.57. The molecule has 0 fully saturated rings. The van der Waals surface area contributed by atoms with Crippen molar-refractivity contribution in [3.05, 3.63) is 24.8 Å². The lowest BCUT2D eigenvalue weighted by Gasteiger charge is -2.32. The molecule has 0 aliphatic carbocycles. The van der Waals surface area contributed by atoms with Gasteiger partial charge in [-0.05, 0) is 12.8 Å². The van der Waals surface area contributed by atoms with Gasteiger partial charge in [0.15, 0.2) is 0 Å². The van der Waals surface area contributed by atoms with Crippen LogP contribution in [-0.4, -0.2) is 57.8 Å². The molecule has 0 radical (unpaired) electrons. The van der Waals surface area contributed by atoms with Crippen LogP contribution in [0.2, 0.25) is 0 Å². The predicted octanol–water partition coefficient (Wildman–Crippen LogP) is 5.53. The quantitative estimate of drug-likeness (QED) is 0.296. The van der Waals surface area contributed by atoms with Crippen LogP contribution in [0.4, 0.5) is 0 Å². The van der Waals surface area contributed by atoms with Crippen LogP contribution in [0.25, 0.3) is 0 Å². The molecule has 0 spiro atoms. The van der Waals surface area contributed by atoms with Crippen LogP contribution >= 0.6 is 21.6 Å². The van der Waals surface area contributed by atoms with Gasteiger partial charge >= 0.3 is 0 Å². The fraction of sp³-hybridized carbons (Fsp3) is 0.800. The zero-order valence-corrected chi connectivity index (χ0v) is 18.8. The molecule has 0 saturated carbocycles. The van der Waals surface area contributed by atoms with Crippen molar-refractivity contribution in [3.8, 4) is 0 Å². The van der Waals surface area contributed by atoms with E-state index in [1.165, 1.54) is 51.4 Å². The minimum Gasteiger partial charge on any atom is -0.362 e. The van der Waals surface area contributed by atoms with E-state index in [9.17, 15) is 0 Å². The van der Waals surface area contributed by atoms with Crippen molar-refractivity contribution < 1.29 is 0 Å². The van der Waals surface area contributed by atoms with Crippen LogP contribution in [0.5, 0.6) is 0 Å². The molecule has 150 valence electrons. The maximum atomic E-state index is 2.52. The first-order chi connectivity index (χ1) is 12.6. The minimum absolute atomic E-state index is 0.575. The Balaban J connectivity index is 1.90. The largest absolute Gasteiger partial charge is 0.362 e. The first kappa shape index (κ1) is 21.7. The second-order valence-electron chi connectivity index (χ2n) is 7.51. The maximum absolute atomic E-state index is 2.52. The number of unbranched alkanes of at least 4 members (excludes halogenated alkanes) is 4. The average Bonchev–Trinajstić information content (AvgIpc) is 3.25. The molecule has 2 heterocycles. The fourth-order valence-electron chi connectivity index (χ4n) is 3.28. The van der Waals surface area contributed by atoms with Crippen LogP contribution in [0, 0.1) is 0 Å². The molecule has 0 N–H and O–H groups in total. The molecule has 2 aliphatic rings. The zero-order chi connectivity index (χ0) is 18.8. The SMILES string of the molecule is CCCCCC(SSC(CCCCC)N1C=CN(C)C1)N1C=CN(C)C1. The number of hydrogen-bond donors (Lipinski definition) is 0. The van der Waals surface area contributed by atoms with Gasteiger partial charge < -0.3 is 19.6 Å². The highest BCUT2D eigenvalue weighted by atomic mass is 33.1. The summed E-state index contributed by atoms with van der Waals surface area (Å²) in [6, 6.07) is 0. The third kappa shape index (κ3) is 7.18. The summed E-state index contributed by atoms with van der Waals surface area (Å²) >= 11 is 0. The molecule has 2 unspecified atom stereocenters. The standard InChI is InChI=1S/C20H38N4S2/c1-5-7-9-11-19(23-15-13-21(3)17-23)25-26-20(12-10-8-6-2)24-16-14-22(4)18-24/h13-16,19-20H,5-12,17-18H2,1-4H3. The molecular weight excluding hydrogens is 360 g/mol. The van der Waals surface area contributed by atoms with Crippen molar-refractivity contribution in [3.63, 3.8) is 0 Å². The van der Waals surface area contributed by atoms with Crippen molar-refractivity contribution in [1.29, 1.82) is 0 Å². The highest BCUT2D eigenvalue weighted by Crippen LogP contribution is 2.40. The third-order valence-corrected chi connectivity index (χ3v) is 8.16. The lowest BCUT2D eigenvalue weighted by molar-refractivity contribution is 0.270. The van der Waals surface area contributed by atoms with E-state index < -0.39 is 0 Å². The average molecular weight is 399 g/mol. The number of nitrogens with zero attached hydrogens (tertiary/aromatic N) is 4. The highest BCUT2D eigenvalue weighted by molar-refractivity contribution is 8.77. The molecule has 6 heteroatoms. The Morgan fingerprint density at radius 2 is 1.12 bits per heavy atom. The number of hydrogen-bond acceptors (Lipinski definition) is 6. The van der Waals surface area contributed by atoms with Crippen LogP contribution in [0.15, 0.2) is 24.8 Å². The zero-order valence-electron chi connectivity index (χ0n) is 17.1. The monoisotopic (exact) mass is 398 g/mol. The molecule has 4 nitrogen and oxygen atoms in total. The smallest absolute Gasteiger partial charge is 0.0901 e. The van der Waals surface area contributed by atoms with Gasteiger partial charge in [-0.1, -0.05) is 74.0 Å². The summed E-state index contributed by atoms with van der Waals surface area (Å²) in [5, 5.41) is 1.15. The molecule has 0 aromatic heterocycles. The predicted molar refractivity (Wildman–Crippen MR) is 118 cm³/mol. The topological polar surface area (TPSA) is 13.0 Å². The highest BCUT2D eigenvalue weighted by Gasteiger charge is 2.25. The van der Waals surface area contributed by atoms with E-state index >= 15 is 0 Å². The maximum Gasteiger partial charge on any atom is 0.0901 e. The molecule has 0 bridgehead atoms. The first-order valence-electron chi connectivity index (χ1n) is 10.2. The molecule has 2 rings (SSSR count). The molecule has 0 amide bonds. The van der Waals surface area contributed by atoms with Gasteiger partial charge in [-0.3, -0.25) is 0 Å². The van der Waals surface area contributed by atoms with Gasteiger partial charge in [0.2, 0.25) is 0 Å². The summed E-state index contributed by atoms with van der Waals surface area (Å²) in [6.07, 6.45) is 19.5. The Morgan fingerprint density at radius 1 is 0.692 bits per heavy atom. The Bertz CT molecular complexity index is 404. The van der Waals surface area contributed by atoms with Gasteiger partial charge in [0.25, 0.3) is 0 Å². The van der Waals surface area contributed by atoms with E-state index in [0.717, 1.165) is 13.3 Å². The van der Waals surface area contributed by atoms with Gasteiger partial charge in [0.05, 0.1) is 24.1 Å². The summed E-state index contributed by atoms with van der Waals surface area (Å²) in [4.78, 5) is 9.58. The van der Waals surface area contributed by atoms with E-state index in [4.69, 9.17) is 0 Å². The van der Waals surface area contributed by atoms with Crippen LogP contribution in [0.1, 0.15) is 65.2 Å². The Hall–Kier alpha value is -0.620. The Labute approximate surface area is 169 Å². The summed E-state index contributed by atoms with van der Waals surface area (Å²) in [6.45, 7) is 6.63. The van der Waals surface area contributed by atoms with Gasteiger partial charge in [0.1, 0.15) is 0 Å². The van der Waals surface area contributed by atoms with Crippen molar-refractivity contribution in [1.82, 2.24) is 19.6 Å². The van der Waals surface area contributed by atoms with Crippen LogP contribution in [-0.2, 0) is 0 Å². The summed E-state index contributed by atoms with van der Waals surface area (Å²) in [7, 11) is 8.52. The van der Waals surface area contributed by atoms with Crippen molar-refractivity contribution in [2.75, 3.05) is 27.4 Å². The second kappa shape index (κ2) is 12.0. The van der Waals surface area contributed by atoms with Crippen molar-refractivity contribution >= 4 is 21.6 Å². The number of rotatable bonds is 13. The van der Waals surface area contributed by atoms with Crippen LogP contribution < -0.4 is 0 Å². The van der Waals surface area contributed by atoms with E-state index in [2.05, 4.69) is 93.9 Å². The van der Waals surface area contributed by atoms with E-state index in [-0.39, 0.29) is 0 Å². The molecule has 0 aromatic rings. The summed E-state index contributed by atoms with van der Waals surface area (Å²) in [5.41, 5.74) is 0. The van der Waals surface area contributed by atoms with E-state index in [0.29, 0.717) is 10.7 Å². The van der Waals surface area contributed by atoms with Crippen molar-refractivity contribution in [2.45, 2.75) is 76.0 Å². The summed E-state index contributed by atoms with van der Waals surface area (Å²) in [5.74, 6) is 0. The Morgan fingerprint density at radius 3 is 1.42 bits per heavy atom. The van der Waals surface area contributed by atoms with Gasteiger partial charge in [-0.25, -0.2) is 0 Å². The molecule has 0 aromatic carbocycles. The third-order valence-electron chi connectivity index (χ3n) is 4.92. The van der Waals surface area contributed by atoms with Crippen molar-refractivity contribution in [2.24, 2.45) is 0 Å². The molecule has 2 atom stereocenters. The summed E-state index contributed by atoms with van der Waals surface area (Å²) < 4.78 is 0. The lowest BCUT2D eigenvalue weighted by atomic mass is 10.2.